The summed E-state index contributed by atoms with van der Waals surface area (Å²) in [6.07, 6.45) is 3.39. The van der Waals surface area contributed by atoms with E-state index < -0.39 is 0 Å². The average molecular weight is 262 g/mol. The van der Waals surface area contributed by atoms with Gasteiger partial charge in [0.1, 0.15) is 0 Å². The molecule has 0 atom stereocenters. The number of carbonyl (C=O) groups is 1. The zero-order chi connectivity index (χ0) is 13.0. The van der Waals surface area contributed by atoms with Crippen LogP contribution < -0.4 is 11.1 Å². The lowest BCUT2D eigenvalue weighted by Crippen LogP contribution is -2.22. The van der Waals surface area contributed by atoms with Crippen molar-refractivity contribution < 1.29 is 4.79 Å². The van der Waals surface area contributed by atoms with Crippen LogP contribution in [-0.4, -0.2) is 10.9 Å². The highest BCUT2D eigenvalue weighted by molar-refractivity contribution is 6.33. The minimum absolute atomic E-state index is 0.194. The molecule has 0 unspecified atom stereocenters. The second kappa shape index (κ2) is 5.51. The molecule has 0 saturated heterocycles. The molecular formula is C13H12ClN3O. The quantitative estimate of drug-likeness (QED) is 0.833. The number of hydrogen-bond donors (Lipinski definition) is 2. The summed E-state index contributed by atoms with van der Waals surface area (Å²) < 4.78 is 0. The summed E-state index contributed by atoms with van der Waals surface area (Å²) in [4.78, 5) is 15.8. The number of nitrogens with one attached hydrogen (secondary N) is 1. The van der Waals surface area contributed by atoms with Crippen molar-refractivity contribution in [3.05, 3.63) is 58.9 Å². The Morgan fingerprint density at radius 1 is 1.39 bits per heavy atom. The highest BCUT2D eigenvalue weighted by Gasteiger charge is 2.07. The Balaban J connectivity index is 2.02. The van der Waals surface area contributed by atoms with E-state index in [9.17, 15) is 4.79 Å². The largest absolute Gasteiger partial charge is 0.398 e. The molecule has 3 N–H and O–H groups in total. The van der Waals surface area contributed by atoms with Gasteiger partial charge in [-0.25, -0.2) is 0 Å². The molecule has 0 fully saturated rings. The van der Waals surface area contributed by atoms with Crippen LogP contribution in [0.1, 0.15) is 15.9 Å². The number of anilines is 1. The van der Waals surface area contributed by atoms with E-state index in [1.807, 2.05) is 12.1 Å². The van der Waals surface area contributed by atoms with E-state index in [1.165, 1.54) is 0 Å². The number of rotatable bonds is 3. The Morgan fingerprint density at radius 2 is 2.22 bits per heavy atom. The van der Waals surface area contributed by atoms with Crippen molar-refractivity contribution >= 4 is 23.2 Å². The van der Waals surface area contributed by atoms with Gasteiger partial charge in [-0.15, -0.1) is 0 Å². The molecule has 1 aromatic carbocycles. The number of carbonyl (C=O) groups excluding carboxylic acids is 1. The van der Waals surface area contributed by atoms with Crippen LogP contribution in [0.5, 0.6) is 0 Å². The maximum atomic E-state index is 11.9. The summed E-state index contributed by atoms with van der Waals surface area (Å²) >= 11 is 5.86. The summed E-state index contributed by atoms with van der Waals surface area (Å²) in [7, 11) is 0. The van der Waals surface area contributed by atoms with Gasteiger partial charge in [0.15, 0.2) is 0 Å². The zero-order valence-corrected chi connectivity index (χ0v) is 10.3. The predicted molar refractivity (Wildman–Crippen MR) is 71.3 cm³/mol. The predicted octanol–water partition coefficient (Wildman–Crippen LogP) is 2.25. The highest BCUT2D eigenvalue weighted by atomic mass is 35.5. The third-order valence-corrected chi connectivity index (χ3v) is 2.77. The summed E-state index contributed by atoms with van der Waals surface area (Å²) in [5.41, 5.74) is 7.46. The second-order valence-corrected chi connectivity index (χ2v) is 4.19. The van der Waals surface area contributed by atoms with Crippen LogP contribution in [0.3, 0.4) is 0 Å². The smallest absolute Gasteiger partial charge is 0.251 e. The van der Waals surface area contributed by atoms with Gasteiger partial charge < -0.3 is 11.1 Å². The van der Waals surface area contributed by atoms with Crippen molar-refractivity contribution in [2.75, 3.05) is 5.73 Å². The third kappa shape index (κ3) is 2.99. The van der Waals surface area contributed by atoms with Crippen LogP contribution in [0.4, 0.5) is 5.69 Å². The lowest BCUT2D eigenvalue weighted by Gasteiger charge is -2.06. The van der Waals surface area contributed by atoms with Crippen molar-refractivity contribution in [2.45, 2.75) is 6.54 Å². The van der Waals surface area contributed by atoms with E-state index in [2.05, 4.69) is 10.3 Å². The Morgan fingerprint density at radius 3 is 2.89 bits per heavy atom. The van der Waals surface area contributed by atoms with Crippen molar-refractivity contribution in [2.24, 2.45) is 0 Å². The van der Waals surface area contributed by atoms with Gasteiger partial charge in [0.2, 0.25) is 0 Å². The molecular weight excluding hydrogens is 250 g/mol. The SMILES string of the molecule is Nc1ccc(C(=O)NCc2cccnc2)cc1Cl. The molecule has 1 heterocycles. The van der Waals surface area contributed by atoms with Crippen molar-refractivity contribution in [3.63, 3.8) is 0 Å². The van der Waals surface area contributed by atoms with E-state index in [0.717, 1.165) is 5.56 Å². The topological polar surface area (TPSA) is 68.0 Å². The molecule has 0 spiro atoms. The Labute approximate surface area is 110 Å². The monoisotopic (exact) mass is 261 g/mol. The van der Waals surface area contributed by atoms with Crippen LogP contribution in [0.2, 0.25) is 5.02 Å². The van der Waals surface area contributed by atoms with Gasteiger partial charge in [-0.1, -0.05) is 17.7 Å². The van der Waals surface area contributed by atoms with Gasteiger partial charge >= 0.3 is 0 Å². The molecule has 92 valence electrons. The van der Waals surface area contributed by atoms with E-state index in [-0.39, 0.29) is 5.91 Å². The lowest BCUT2D eigenvalue weighted by atomic mass is 10.2. The molecule has 0 aliphatic heterocycles. The second-order valence-electron chi connectivity index (χ2n) is 3.78. The third-order valence-electron chi connectivity index (χ3n) is 2.44. The van der Waals surface area contributed by atoms with Crippen molar-refractivity contribution in [3.8, 4) is 0 Å². The van der Waals surface area contributed by atoms with Gasteiger partial charge in [0, 0.05) is 24.5 Å². The van der Waals surface area contributed by atoms with Crippen molar-refractivity contribution in [1.29, 1.82) is 0 Å². The number of benzene rings is 1. The van der Waals surface area contributed by atoms with Crippen LogP contribution in [0.15, 0.2) is 42.7 Å². The number of nitrogens with two attached hydrogens (primary N) is 1. The van der Waals surface area contributed by atoms with E-state index in [4.69, 9.17) is 17.3 Å². The lowest BCUT2D eigenvalue weighted by molar-refractivity contribution is 0.0951. The molecule has 1 amide bonds. The zero-order valence-electron chi connectivity index (χ0n) is 9.56. The molecule has 18 heavy (non-hydrogen) atoms. The minimum atomic E-state index is -0.194. The molecule has 0 aliphatic rings. The first-order valence-corrected chi connectivity index (χ1v) is 5.77. The Hall–Kier alpha value is -2.07. The fourth-order valence-electron chi connectivity index (χ4n) is 1.46. The molecule has 2 aromatic rings. The number of amides is 1. The minimum Gasteiger partial charge on any atom is -0.398 e. The van der Waals surface area contributed by atoms with E-state index in [0.29, 0.717) is 22.8 Å². The van der Waals surface area contributed by atoms with Crippen molar-refractivity contribution in [1.82, 2.24) is 10.3 Å². The summed E-state index contributed by atoms with van der Waals surface area (Å²) in [5.74, 6) is -0.194. The first-order chi connectivity index (χ1) is 8.66. The molecule has 0 bridgehead atoms. The molecule has 1 aromatic heterocycles. The van der Waals surface area contributed by atoms with Gasteiger partial charge in [0.25, 0.3) is 5.91 Å². The first-order valence-electron chi connectivity index (χ1n) is 5.39. The van der Waals surface area contributed by atoms with Crippen LogP contribution in [0.25, 0.3) is 0 Å². The van der Waals surface area contributed by atoms with Crippen LogP contribution >= 0.6 is 11.6 Å². The Kier molecular flexibility index (Phi) is 3.79. The Bertz CT molecular complexity index is 557. The van der Waals surface area contributed by atoms with E-state index >= 15 is 0 Å². The van der Waals surface area contributed by atoms with Gasteiger partial charge in [-0.05, 0) is 29.8 Å². The molecule has 0 radical (unpaired) electrons. The average Bonchev–Trinajstić information content (AvgIpc) is 2.40. The standard InChI is InChI=1S/C13H12ClN3O/c14-11-6-10(3-4-12(11)15)13(18)17-8-9-2-1-5-16-7-9/h1-7H,8,15H2,(H,17,18). The highest BCUT2D eigenvalue weighted by Crippen LogP contribution is 2.19. The summed E-state index contributed by atoms with van der Waals surface area (Å²) in [6, 6.07) is 8.52. The summed E-state index contributed by atoms with van der Waals surface area (Å²) in [5, 5.41) is 3.16. The first kappa shape index (κ1) is 12.4. The van der Waals surface area contributed by atoms with Crippen LogP contribution in [-0.2, 0) is 6.54 Å². The number of halogens is 1. The van der Waals surface area contributed by atoms with Gasteiger partial charge in [0.05, 0.1) is 10.7 Å². The number of aromatic nitrogens is 1. The summed E-state index contributed by atoms with van der Waals surface area (Å²) in [6.45, 7) is 0.425. The maximum absolute atomic E-state index is 11.9. The molecule has 2 rings (SSSR count). The van der Waals surface area contributed by atoms with E-state index in [1.54, 1.807) is 30.6 Å². The van der Waals surface area contributed by atoms with Gasteiger partial charge in [-0.3, -0.25) is 9.78 Å². The fourth-order valence-corrected chi connectivity index (χ4v) is 1.64. The fraction of sp³-hybridized carbons (Fsp3) is 0.0769. The molecule has 0 aliphatic carbocycles. The normalized spacial score (nSPS) is 10.1. The van der Waals surface area contributed by atoms with Crippen LogP contribution in [0, 0.1) is 0 Å². The number of pyridine rings is 1. The number of nitrogen functional groups attached to an aromatic ring is 1. The molecule has 4 nitrogen and oxygen atoms in total. The number of hydrogen-bond acceptors (Lipinski definition) is 3. The number of nitrogens with zero attached hydrogens (tertiary/aromatic N) is 1. The van der Waals surface area contributed by atoms with Gasteiger partial charge in [-0.2, -0.15) is 0 Å². The molecule has 0 saturated carbocycles. The molecule has 5 heteroatoms. The maximum Gasteiger partial charge on any atom is 0.251 e.